The number of rotatable bonds is 3. The minimum absolute atomic E-state index is 0.176. The van der Waals surface area contributed by atoms with E-state index in [4.69, 9.17) is 5.11 Å². The molecule has 1 N–H and O–H groups in total. The number of aliphatic hydroxyl groups excluding tert-OH is 1. The summed E-state index contributed by atoms with van der Waals surface area (Å²) in [5.74, 6) is 0. The first-order valence-corrected chi connectivity index (χ1v) is 5.60. The molecule has 3 nitrogen and oxygen atoms in total. The lowest BCUT2D eigenvalue weighted by atomic mass is 10.3. The van der Waals surface area contributed by atoms with Crippen LogP contribution in [0.25, 0.3) is 10.6 Å². The van der Waals surface area contributed by atoms with E-state index >= 15 is 0 Å². The summed E-state index contributed by atoms with van der Waals surface area (Å²) in [5.41, 5.74) is 2.04. The molecule has 0 saturated carbocycles. The molecule has 0 aliphatic rings. The monoisotopic (exact) mass is 220 g/mol. The topological polar surface area (TPSA) is 46.0 Å². The van der Waals surface area contributed by atoms with Gasteiger partial charge in [0.15, 0.2) is 0 Å². The van der Waals surface area contributed by atoms with Crippen molar-refractivity contribution in [1.82, 2.24) is 9.97 Å². The Hall–Kier alpha value is -1.26. The van der Waals surface area contributed by atoms with Crippen LogP contribution in [-0.2, 0) is 6.42 Å². The van der Waals surface area contributed by atoms with Crippen LogP contribution in [0.15, 0.2) is 24.5 Å². The zero-order valence-electron chi connectivity index (χ0n) is 8.47. The molecule has 2 aromatic heterocycles. The van der Waals surface area contributed by atoms with E-state index in [9.17, 15) is 0 Å². The molecule has 0 amide bonds. The van der Waals surface area contributed by atoms with Gasteiger partial charge in [-0.05, 0) is 19.1 Å². The van der Waals surface area contributed by atoms with Gasteiger partial charge in [-0.25, -0.2) is 4.98 Å². The summed E-state index contributed by atoms with van der Waals surface area (Å²) in [5, 5.41) is 9.87. The Morgan fingerprint density at radius 2 is 2.33 bits per heavy atom. The van der Waals surface area contributed by atoms with Crippen molar-refractivity contribution in [3.8, 4) is 10.6 Å². The molecule has 4 heteroatoms. The molecule has 0 aliphatic heterocycles. The molecule has 15 heavy (non-hydrogen) atoms. The normalized spacial score (nSPS) is 10.5. The van der Waals surface area contributed by atoms with Gasteiger partial charge < -0.3 is 5.11 Å². The highest BCUT2D eigenvalue weighted by Gasteiger charge is 2.08. The molecule has 0 aliphatic carbocycles. The Morgan fingerprint density at radius 3 is 3.00 bits per heavy atom. The molecule has 0 fully saturated rings. The first kappa shape index (κ1) is 10.3. The zero-order valence-corrected chi connectivity index (χ0v) is 9.29. The van der Waals surface area contributed by atoms with Gasteiger partial charge in [0.05, 0.1) is 5.69 Å². The van der Waals surface area contributed by atoms with Crippen molar-refractivity contribution in [1.29, 1.82) is 0 Å². The van der Waals surface area contributed by atoms with E-state index in [0.717, 1.165) is 21.1 Å². The molecular weight excluding hydrogens is 208 g/mol. The predicted molar refractivity (Wildman–Crippen MR) is 60.9 cm³/mol. The van der Waals surface area contributed by atoms with Crippen molar-refractivity contribution >= 4 is 11.3 Å². The largest absolute Gasteiger partial charge is 0.396 e. The fourth-order valence-electron chi connectivity index (χ4n) is 1.37. The van der Waals surface area contributed by atoms with Gasteiger partial charge in [0.1, 0.15) is 5.01 Å². The van der Waals surface area contributed by atoms with Crippen LogP contribution in [0.3, 0.4) is 0 Å². The summed E-state index contributed by atoms with van der Waals surface area (Å²) >= 11 is 1.63. The van der Waals surface area contributed by atoms with Gasteiger partial charge in [-0.2, -0.15) is 0 Å². The number of aromatic nitrogens is 2. The highest BCUT2D eigenvalue weighted by Crippen LogP contribution is 2.27. The average Bonchev–Trinajstić information content (AvgIpc) is 2.63. The fourth-order valence-corrected chi connectivity index (χ4v) is 2.42. The molecule has 0 unspecified atom stereocenters. The number of nitrogens with zero attached hydrogens (tertiary/aromatic N) is 2. The van der Waals surface area contributed by atoms with Gasteiger partial charge in [-0.15, -0.1) is 11.3 Å². The number of hydrogen-bond donors (Lipinski definition) is 1. The van der Waals surface area contributed by atoms with Crippen molar-refractivity contribution in [3.05, 3.63) is 35.1 Å². The predicted octanol–water partition coefficient (Wildman–Crippen LogP) is 2.05. The minimum Gasteiger partial charge on any atom is -0.396 e. The van der Waals surface area contributed by atoms with E-state index in [0.29, 0.717) is 6.42 Å². The average molecular weight is 220 g/mol. The van der Waals surface area contributed by atoms with E-state index in [-0.39, 0.29) is 6.61 Å². The van der Waals surface area contributed by atoms with E-state index in [2.05, 4.69) is 9.97 Å². The number of aliphatic hydroxyl groups is 1. The van der Waals surface area contributed by atoms with Crippen LogP contribution in [0.5, 0.6) is 0 Å². The Bertz CT molecular complexity index is 439. The van der Waals surface area contributed by atoms with Crippen LogP contribution in [0.1, 0.15) is 10.6 Å². The highest BCUT2D eigenvalue weighted by atomic mass is 32.1. The lowest BCUT2D eigenvalue weighted by Gasteiger charge is -1.92. The third-order valence-electron chi connectivity index (χ3n) is 2.14. The van der Waals surface area contributed by atoms with Gasteiger partial charge in [0.25, 0.3) is 0 Å². The number of pyridine rings is 1. The lowest BCUT2D eigenvalue weighted by Crippen LogP contribution is -1.88. The van der Waals surface area contributed by atoms with Crippen molar-refractivity contribution in [2.24, 2.45) is 0 Å². The smallest absolute Gasteiger partial charge is 0.125 e. The zero-order chi connectivity index (χ0) is 10.7. The van der Waals surface area contributed by atoms with Crippen LogP contribution in [0, 0.1) is 6.92 Å². The second-order valence-electron chi connectivity index (χ2n) is 3.24. The molecule has 0 radical (unpaired) electrons. The van der Waals surface area contributed by atoms with Crippen molar-refractivity contribution < 1.29 is 5.11 Å². The molecule has 0 aromatic carbocycles. The summed E-state index contributed by atoms with van der Waals surface area (Å²) < 4.78 is 0. The van der Waals surface area contributed by atoms with E-state index in [1.165, 1.54) is 0 Å². The van der Waals surface area contributed by atoms with Crippen molar-refractivity contribution in [2.45, 2.75) is 13.3 Å². The van der Waals surface area contributed by atoms with E-state index in [1.807, 2.05) is 19.1 Å². The maximum absolute atomic E-state index is 8.89. The molecule has 78 valence electrons. The van der Waals surface area contributed by atoms with E-state index < -0.39 is 0 Å². The van der Waals surface area contributed by atoms with Gasteiger partial charge in [0, 0.05) is 35.9 Å². The summed E-state index contributed by atoms with van der Waals surface area (Å²) in [6.07, 6.45) is 4.24. The molecule has 2 heterocycles. The summed E-state index contributed by atoms with van der Waals surface area (Å²) in [6, 6.07) is 3.89. The molecule has 0 bridgehead atoms. The third-order valence-corrected chi connectivity index (χ3v) is 3.41. The summed E-state index contributed by atoms with van der Waals surface area (Å²) in [7, 11) is 0. The molecule has 2 rings (SSSR count). The molecule has 0 saturated heterocycles. The Morgan fingerprint density at radius 1 is 1.47 bits per heavy atom. The lowest BCUT2D eigenvalue weighted by molar-refractivity contribution is 0.300. The van der Waals surface area contributed by atoms with Crippen molar-refractivity contribution in [3.63, 3.8) is 0 Å². The second-order valence-corrected chi connectivity index (χ2v) is 4.33. The van der Waals surface area contributed by atoms with Gasteiger partial charge >= 0.3 is 0 Å². The first-order chi connectivity index (χ1) is 7.31. The summed E-state index contributed by atoms with van der Waals surface area (Å²) in [4.78, 5) is 9.68. The van der Waals surface area contributed by atoms with Gasteiger partial charge in [-0.1, -0.05) is 0 Å². The number of thiazole rings is 1. The SMILES string of the molecule is Cc1nc(-c2cccnc2)sc1CCO. The Labute approximate surface area is 92.5 Å². The van der Waals surface area contributed by atoms with Gasteiger partial charge in [0.2, 0.25) is 0 Å². The molecule has 0 spiro atoms. The quantitative estimate of drug-likeness (QED) is 0.861. The molecular formula is C11H12N2OS. The van der Waals surface area contributed by atoms with Crippen LogP contribution in [0.4, 0.5) is 0 Å². The Balaban J connectivity index is 2.34. The highest BCUT2D eigenvalue weighted by molar-refractivity contribution is 7.15. The molecule has 0 atom stereocenters. The van der Waals surface area contributed by atoms with Crippen molar-refractivity contribution in [2.75, 3.05) is 6.61 Å². The van der Waals surface area contributed by atoms with Gasteiger partial charge in [-0.3, -0.25) is 4.98 Å². The van der Waals surface area contributed by atoms with Crippen LogP contribution < -0.4 is 0 Å². The van der Waals surface area contributed by atoms with Crippen LogP contribution in [-0.4, -0.2) is 21.7 Å². The second kappa shape index (κ2) is 4.51. The third kappa shape index (κ3) is 2.22. The van der Waals surface area contributed by atoms with E-state index in [1.54, 1.807) is 23.7 Å². The Kier molecular flexibility index (Phi) is 3.08. The fraction of sp³-hybridized carbons (Fsp3) is 0.273. The summed E-state index contributed by atoms with van der Waals surface area (Å²) in [6.45, 7) is 2.15. The maximum Gasteiger partial charge on any atom is 0.125 e. The molecule has 2 aromatic rings. The first-order valence-electron chi connectivity index (χ1n) is 4.79. The number of hydrogen-bond acceptors (Lipinski definition) is 4. The maximum atomic E-state index is 8.89. The minimum atomic E-state index is 0.176. The van der Waals surface area contributed by atoms with Crippen LogP contribution in [0.2, 0.25) is 0 Å². The van der Waals surface area contributed by atoms with Crippen LogP contribution >= 0.6 is 11.3 Å². The standard InChI is InChI=1S/C11H12N2OS/c1-8-10(4-6-14)15-11(13-8)9-3-2-5-12-7-9/h2-3,5,7,14H,4,6H2,1H3. The number of aryl methyl sites for hydroxylation is 1.